The Morgan fingerprint density at radius 2 is 2.09 bits per heavy atom. The molecule has 11 heavy (non-hydrogen) atoms. The molecule has 0 saturated carbocycles. The topological polar surface area (TPSA) is 43.8 Å². The van der Waals surface area contributed by atoms with Crippen LogP contribution in [0.5, 0.6) is 0 Å². The van der Waals surface area contributed by atoms with Crippen molar-refractivity contribution in [3.05, 3.63) is 11.3 Å². The SMILES string of the molecule is CCc1nn(C)c(N)c1C.[Cl-]. The number of aryl methyl sites for hydroxylation is 2. The summed E-state index contributed by atoms with van der Waals surface area (Å²) in [6.07, 6.45) is 0.955. The normalized spacial score (nSPS) is 9.36. The smallest absolute Gasteiger partial charge is 0.124 e. The summed E-state index contributed by atoms with van der Waals surface area (Å²) in [4.78, 5) is 0. The first-order valence-electron chi connectivity index (χ1n) is 3.44. The molecule has 1 aromatic heterocycles. The van der Waals surface area contributed by atoms with Crippen LogP contribution in [-0.2, 0) is 13.5 Å². The maximum atomic E-state index is 5.68. The van der Waals surface area contributed by atoms with Gasteiger partial charge in [-0.3, -0.25) is 4.68 Å². The molecular weight excluding hydrogens is 162 g/mol. The van der Waals surface area contributed by atoms with Gasteiger partial charge in [-0.2, -0.15) is 5.10 Å². The highest BCUT2D eigenvalue weighted by Gasteiger charge is 2.05. The molecule has 0 saturated heterocycles. The van der Waals surface area contributed by atoms with E-state index in [0.717, 1.165) is 23.5 Å². The molecular formula is C7H13ClN3-. The van der Waals surface area contributed by atoms with Crippen molar-refractivity contribution < 1.29 is 12.4 Å². The van der Waals surface area contributed by atoms with Gasteiger partial charge in [0.15, 0.2) is 0 Å². The lowest BCUT2D eigenvalue weighted by atomic mass is 10.2. The molecule has 1 heterocycles. The first-order valence-corrected chi connectivity index (χ1v) is 3.44. The Morgan fingerprint density at radius 1 is 1.55 bits per heavy atom. The Bertz CT molecular complexity index is 242. The number of anilines is 1. The summed E-state index contributed by atoms with van der Waals surface area (Å²) in [5.41, 5.74) is 7.89. The molecule has 0 spiro atoms. The van der Waals surface area contributed by atoms with Crippen molar-refractivity contribution in [2.24, 2.45) is 7.05 Å². The maximum absolute atomic E-state index is 5.68. The third-order valence-corrected chi connectivity index (χ3v) is 1.77. The highest BCUT2D eigenvalue weighted by atomic mass is 35.5. The molecule has 0 fully saturated rings. The van der Waals surface area contributed by atoms with E-state index in [2.05, 4.69) is 12.0 Å². The molecule has 3 nitrogen and oxygen atoms in total. The average Bonchev–Trinajstić information content (AvgIpc) is 2.17. The van der Waals surface area contributed by atoms with E-state index in [1.165, 1.54) is 0 Å². The molecule has 0 aliphatic carbocycles. The molecule has 0 unspecified atom stereocenters. The fourth-order valence-electron chi connectivity index (χ4n) is 1.04. The van der Waals surface area contributed by atoms with Gasteiger partial charge < -0.3 is 18.1 Å². The molecule has 2 N–H and O–H groups in total. The Morgan fingerprint density at radius 3 is 2.27 bits per heavy atom. The predicted octanol–water partition coefficient (Wildman–Crippen LogP) is -2.12. The molecule has 0 amide bonds. The second-order valence-corrected chi connectivity index (χ2v) is 2.43. The molecule has 0 atom stereocenters. The van der Waals surface area contributed by atoms with Crippen LogP contribution in [0.25, 0.3) is 0 Å². The van der Waals surface area contributed by atoms with Crippen LogP contribution in [0.3, 0.4) is 0 Å². The minimum Gasteiger partial charge on any atom is -1.00 e. The quantitative estimate of drug-likeness (QED) is 0.529. The zero-order valence-electron chi connectivity index (χ0n) is 7.06. The number of hydrogen-bond donors (Lipinski definition) is 1. The van der Waals surface area contributed by atoms with Crippen molar-refractivity contribution >= 4 is 5.82 Å². The van der Waals surface area contributed by atoms with Gasteiger partial charge in [-0.25, -0.2) is 0 Å². The Balaban J connectivity index is 0.000001000. The number of rotatable bonds is 1. The van der Waals surface area contributed by atoms with Gasteiger partial charge in [0.25, 0.3) is 0 Å². The molecule has 0 bridgehead atoms. The lowest BCUT2D eigenvalue weighted by Crippen LogP contribution is -3.00. The zero-order chi connectivity index (χ0) is 7.72. The van der Waals surface area contributed by atoms with Gasteiger partial charge in [-0.05, 0) is 13.3 Å². The second-order valence-electron chi connectivity index (χ2n) is 2.43. The van der Waals surface area contributed by atoms with E-state index >= 15 is 0 Å². The summed E-state index contributed by atoms with van der Waals surface area (Å²) >= 11 is 0. The molecule has 0 aliphatic heterocycles. The van der Waals surface area contributed by atoms with E-state index in [4.69, 9.17) is 5.73 Å². The number of nitrogens with two attached hydrogens (primary N) is 1. The molecule has 1 rings (SSSR count). The van der Waals surface area contributed by atoms with Crippen LogP contribution in [0.2, 0.25) is 0 Å². The summed E-state index contributed by atoms with van der Waals surface area (Å²) in [5, 5.41) is 4.22. The van der Waals surface area contributed by atoms with Gasteiger partial charge >= 0.3 is 0 Å². The summed E-state index contributed by atoms with van der Waals surface area (Å²) in [7, 11) is 1.86. The lowest BCUT2D eigenvalue weighted by molar-refractivity contribution is -0.00000241. The molecule has 4 heteroatoms. The first kappa shape index (κ1) is 10.3. The minimum absolute atomic E-state index is 0. The summed E-state index contributed by atoms with van der Waals surface area (Å²) < 4.78 is 1.72. The van der Waals surface area contributed by atoms with E-state index in [1.807, 2.05) is 14.0 Å². The Hall–Kier alpha value is -0.700. The number of aromatic nitrogens is 2. The number of hydrogen-bond acceptors (Lipinski definition) is 2. The largest absolute Gasteiger partial charge is 1.00 e. The van der Waals surface area contributed by atoms with Crippen LogP contribution in [0.15, 0.2) is 0 Å². The third kappa shape index (κ3) is 1.66. The van der Waals surface area contributed by atoms with Crippen LogP contribution in [-0.4, -0.2) is 9.78 Å². The van der Waals surface area contributed by atoms with Gasteiger partial charge in [0, 0.05) is 12.6 Å². The van der Waals surface area contributed by atoms with Crippen molar-refractivity contribution in [2.75, 3.05) is 5.73 Å². The zero-order valence-corrected chi connectivity index (χ0v) is 7.81. The summed E-state index contributed by atoms with van der Waals surface area (Å²) in [6, 6.07) is 0. The van der Waals surface area contributed by atoms with Gasteiger partial charge in [0.05, 0.1) is 5.69 Å². The number of halogens is 1. The summed E-state index contributed by atoms with van der Waals surface area (Å²) in [5.74, 6) is 0.775. The number of nitrogens with zero attached hydrogens (tertiary/aromatic N) is 2. The monoisotopic (exact) mass is 174 g/mol. The van der Waals surface area contributed by atoms with Crippen molar-refractivity contribution in [1.82, 2.24) is 9.78 Å². The van der Waals surface area contributed by atoms with Crippen molar-refractivity contribution in [3.63, 3.8) is 0 Å². The van der Waals surface area contributed by atoms with Crippen molar-refractivity contribution in [1.29, 1.82) is 0 Å². The Kier molecular flexibility index (Phi) is 3.39. The van der Waals surface area contributed by atoms with Crippen LogP contribution in [0.1, 0.15) is 18.2 Å². The molecule has 1 aromatic rings. The van der Waals surface area contributed by atoms with E-state index in [1.54, 1.807) is 4.68 Å². The Labute approximate surface area is 73.0 Å². The third-order valence-electron chi connectivity index (χ3n) is 1.77. The van der Waals surface area contributed by atoms with Gasteiger partial charge in [-0.1, -0.05) is 6.92 Å². The van der Waals surface area contributed by atoms with Crippen LogP contribution < -0.4 is 18.1 Å². The minimum atomic E-state index is 0. The number of nitrogen functional groups attached to an aromatic ring is 1. The van der Waals surface area contributed by atoms with Crippen LogP contribution in [0.4, 0.5) is 5.82 Å². The van der Waals surface area contributed by atoms with Gasteiger partial charge in [0.2, 0.25) is 0 Å². The highest BCUT2D eigenvalue weighted by Crippen LogP contribution is 2.13. The fourth-order valence-corrected chi connectivity index (χ4v) is 1.04. The van der Waals surface area contributed by atoms with Gasteiger partial charge in [-0.15, -0.1) is 0 Å². The highest BCUT2D eigenvalue weighted by molar-refractivity contribution is 5.41. The van der Waals surface area contributed by atoms with Crippen LogP contribution >= 0.6 is 0 Å². The molecule has 0 aliphatic rings. The molecule has 0 radical (unpaired) electrons. The second kappa shape index (κ2) is 3.62. The standard InChI is InChI=1S/C7H13N3.ClH/c1-4-6-5(2)7(8)10(3)9-6;/h4,8H2,1-3H3;1H/p-1. The van der Waals surface area contributed by atoms with E-state index < -0.39 is 0 Å². The van der Waals surface area contributed by atoms with Gasteiger partial charge in [0.1, 0.15) is 5.82 Å². The maximum Gasteiger partial charge on any atom is 0.124 e. The van der Waals surface area contributed by atoms with Crippen molar-refractivity contribution in [3.8, 4) is 0 Å². The predicted molar refractivity (Wildman–Crippen MR) is 41.7 cm³/mol. The van der Waals surface area contributed by atoms with Crippen molar-refractivity contribution in [2.45, 2.75) is 20.3 Å². The lowest BCUT2D eigenvalue weighted by Gasteiger charge is -1.91. The fraction of sp³-hybridized carbons (Fsp3) is 0.571. The molecule has 64 valence electrons. The average molecular weight is 175 g/mol. The van der Waals surface area contributed by atoms with Crippen LogP contribution in [0, 0.1) is 6.92 Å². The van der Waals surface area contributed by atoms with E-state index in [9.17, 15) is 0 Å². The van der Waals surface area contributed by atoms with E-state index in [-0.39, 0.29) is 12.4 Å². The van der Waals surface area contributed by atoms with E-state index in [0.29, 0.717) is 0 Å². The molecule has 0 aromatic carbocycles. The first-order chi connectivity index (χ1) is 4.66. The summed E-state index contributed by atoms with van der Waals surface area (Å²) in [6.45, 7) is 4.08.